The Hall–Kier alpha value is -0.380. The monoisotopic (exact) mass is 270 g/mol. The minimum absolute atomic E-state index is 1.05. The highest BCUT2D eigenvalue weighted by molar-refractivity contribution is 9.10. The molecule has 2 nitrogen and oxygen atoms in total. The lowest BCUT2D eigenvalue weighted by atomic mass is 10.1. The number of halogens is 1. The average Bonchev–Trinajstić information content (AvgIpc) is 2.20. The molecule has 0 heterocycles. The topological polar surface area (TPSA) is 15.3 Å². The van der Waals surface area contributed by atoms with Crippen molar-refractivity contribution in [1.82, 2.24) is 10.2 Å². The molecule has 15 heavy (non-hydrogen) atoms. The van der Waals surface area contributed by atoms with Gasteiger partial charge in [-0.15, -0.1) is 0 Å². The summed E-state index contributed by atoms with van der Waals surface area (Å²) >= 11 is 3.43. The summed E-state index contributed by atoms with van der Waals surface area (Å²) in [4.78, 5) is 2.19. The van der Waals surface area contributed by atoms with Gasteiger partial charge in [0.05, 0.1) is 0 Å². The predicted octanol–water partition coefficient (Wildman–Crippen LogP) is 2.14. The number of benzene rings is 1. The normalized spacial score (nSPS) is 10.9. The second-order valence-electron chi connectivity index (χ2n) is 3.93. The van der Waals surface area contributed by atoms with Crippen molar-refractivity contribution in [2.75, 3.05) is 33.7 Å². The fourth-order valence-electron chi connectivity index (χ4n) is 1.31. The molecule has 0 unspecified atom stereocenters. The highest BCUT2D eigenvalue weighted by Crippen LogP contribution is 2.10. The summed E-state index contributed by atoms with van der Waals surface area (Å²) < 4.78 is 1.15. The number of hydrogen-bond donors (Lipinski definition) is 1. The van der Waals surface area contributed by atoms with Crippen LogP contribution in [-0.2, 0) is 6.42 Å². The van der Waals surface area contributed by atoms with E-state index < -0.39 is 0 Å². The summed E-state index contributed by atoms with van der Waals surface area (Å²) in [5, 5.41) is 3.43. The van der Waals surface area contributed by atoms with E-state index in [0.29, 0.717) is 0 Å². The Balaban J connectivity index is 2.12. The molecular weight excluding hydrogens is 252 g/mol. The lowest BCUT2D eigenvalue weighted by molar-refractivity contribution is 0.401. The van der Waals surface area contributed by atoms with Crippen molar-refractivity contribution in [2.24, 2.45) is 0 Å². The first-order valence-corrected chi connectivity index (χ1v) is 6.07. The molecule has 3 heteroatoms. The van der Waals surface area contributed by atoms with Crippen LogP contribution < -0.4 is 5.32 Å². The fraction of sp³-hybridized carbons (Fsp3) is 0.500. The van der Waals surface area contributed by atoms with Crippen LogP contribution in [0.2, 0.25) is 0 Å². The first kappa shape index (κ1) is 12.7. The van der Waals surface area contributed by atoms with Crippen molar-refractivity contribution in [3.8, 4) is 0 Å². The Bertz CT molecular complexity index is 269. The Kier molecular flexibility index (Phi) is 5.91. The van der Waals surface area contributed by atoms with Crippen LogP contribution in [0.3, 0.4) is 0 Å². The molecule has 0 radical (unpaired) electrons. The van der Waals surface area contributed by atoms with Crippen LogP contribution in [0, 0.1) is 0 Å². The van der Waals surface area contributed by atoms with Gasteiger partial charge in [0, 0.05) is 17.6 Å². The third-order valence-electron chi connectivity index (χ3n) is 2.24. The molecule has 0 aliphatic heterocycles. The van der Waals surface area contributed by atoms with Gasteiger partial charge in [-0.25, -0.2) is 0 Å². The van der Waals surface area contributed by atoms with Crippen LogP contribution in [0.25, 0.3) is 0 Å². The molecule has 0 aliphatic carbocycles. The molecule has 0 fully saturated rings. The number of rotatable bonds is 6. The molecule has 1 aromatic carbocycles. The van der Waals surface area contributed by atoms with Crippen molar-refractivity contribution >= 4 is 15.9 Å². The van der Waals surface area contributed by atoms with E-state index >= 15 is 0 Å². The Morgan fingerprint density at radius 2 is 1.80 bits per heavy atom. The van der Waals surface area contributed by atoms with Crippen molar-refractivity contribution in [3.05, 3.63) is 34.3 Å². The molecular formula is C12H19BrN2. The second kappa shape index (κ2) is 6.99. The maximum absolute atomic E-state index is 3.43. The number of likely N-dealkylation sites (N-methyl/N-ethyl adjacent to an activating group) is 1. The fourth-order valence-corrected chi connectivity index (χ4v) is 1.58. The van der Waals surface area contributed by atoms with Gasteiger partial charge in [-0.05, 0) is 44.8 Å². The smallest absolute Gasteiger partial charge is 0.0175 e. The van der Waals surface area contributed by atoms with Crippen LogP contribution in [0.15, 0.2) is 28.7 Å². The summed E-state index contributed by atoms with van der Waals surface area (Å²) in [6.45, 7) is 3.21. The maximum atomic E-state index is 3.43. The SMILES string of the molecule is CN(C)CCNCCc1ccc(Br)cc1. The molecule has 0 saturated carbocycles. The van der Waals surface area contributed by atoms with Crippen molar-refractivity contribution in [2.45, 2.75) is 6.42 Å². The van der Waals surface area contributed by atoms with Gasteiger partial charge in [-0.1, -0.05) is 28.1 Å². The highest BCUT2D eigenvalue weighted by atomic mass is 79.9. The van der Waals surface area contributed by atoms with E-state index in [4.69, 9.17) is 0 Å². The van der Waals surface area contributed by atoms with Crippen molar-refractivity contribution in [1.29, 1.82) is 0 Å². The zero-order valence-electron chi connectivity index (χ0n) is 9.46. The van der Waals surface area contributed by atoms with Gasteiger partial charge in [0.2, 0.25) is 0 Å². The van der Waals surface area contributed by atoms with Crippen LogP contribution in [-0.4, -0.2) is 38.6 Å². The van der Waals surface area contributed by atoms with E-state index in [2.05, 4.69) is 64.5 Å². The van der Waals surface area contributed by atoms with Crippen LogP contribution in [0.1, 0.15) is 5.56 Å². The molecule has 0 saturated heterocycles. The van der Waals surface area contributed by atoms with E-state index in [1.54, 1.807) is 0 Å². The second-order valence-corrected chi connectivity index (χ2v) is 4.85. The first-order chi connectivity index (χ1) is 7.18. The van der Waals surface area contributed by atoms with E-state index in [1.165, 1.54) is 5.56 Å². The number of nitrogens with zero attached hydrogens (tertiary/aromatic N) is 1. The molecule has 0 atom stereocenters. The van der Waals surface area contributed by atoms with Crippen molar-refractivity contribution in [3.63, 3.8) is 0 Å². The van der Waals surface area contributed by atoms with Crippen molar-refractivity contribution < 1.29 is 0 Å². The quantitative estimate of drug-likeness (QED) is 0.797. The highest BCUT2D eigenvalue weighted by Gasteiger charge is 1.93. The Labute approximate surface area is 101 Å². The Morgan fingerprint density at radius 3 is 2.40 bits per heavy atom. The lowest BCUT2D eigenvalue weighted by Gasteiger charge is -2.10. The Morgan fingerprint density at radius 1 is 1.13 bits per heavy atom. The molecule has 84 valence electrons. The summed E-state index contributed by atoms with van der Waals surface area (Å²) in [5.41, 5.74) is 1.38. The summed E-state index contributed by atoms with van der Waals surface area (Å²) in [7, 11) is 4.19. The van der Waals surface area contributed by atoms with E-state index in [-0.39, 0.29) is 0 Å². The van der Waals surface area contributed by atoms with Gasteiger partial charge in [-0.3, -0.25) is 0 Å². The third-order valence-corrected chi connectivity index (χ3v) is 2.77. The van der Waals surface area contributed by atoms with E-state index in [1.807, 2.05) is 0 Å². The van der Waals surface area contributed by atoms with E-state index in [0.717, 1.165) is 30.5 Å². The van der Waals surface area contributed by atoms with Gasteiger partial charge in [0.15, 0.2) is 0 Å². The molecule has 0 spiro atoms. The summed E-state index contributed by atoms with van der Waals surface area (Å²) in [5.74, 6) is 0. The van der Waals surface area contributed by atoms with Crippen LogP contribution in [0.4, 0.5) is 0 Å². The largest absolute Gasteiger partial charge is 0.315 e. The van der Waals surface area contributed by atoms with Gasteiger partial charge in [0.1, 0.15) is 0 Å². The van der Waals surface area contributed by atoms with E-state index in [9.17, 15) is 0 Å². The third kappa shape index (κ3) is 5.92. The van der Waals surface area contributed by atoms with Gasteiger partial charge in [-0.2, -0.15) is 0 Å². The summed E-state index contributed by atoms with van der Waals surface area (Å²) in [6.07, 6.45) is 1.10. The molecule has 0 amide bonds. The van der Waals surface area contributed by atoms with Crippen LogP contribution in [0.5, 0.6) is 0 Å². The molecule has 1 rings (SSSR count). The van der Waals surface area contributed by atoms with Gasteiger partial charge < -0.3 is 10.2 Å². The molecule has 1 N–H and O–H groups in total. The molecule has 1 aromatic rings. The van der Waals surface area contributed by atoms with Crippen LogP contribution >= 0.6 is 15.9 Å². The summed E-state index contributed by atoms with van der Waals surface area (Å²) in [6, 6.07) is 8.51. The lowest BCUT2D eigenvalue weighted by Crippen LogP contribution is -2.27. The van der Waals surface area contributed by atoms with Gasteiger partial charge in [0.25, 0.3) is 0 Å². The molecule has 0 aromatic heterocycles. The number of hydrogen-bond acceptors (Lipinski definition) is 2. The average molecular weight is 271 g/mol. The maximum Gasteiger partial charge on any atom is 0.0175 e. The first-order valence-electron chi connectivity index (χ1n) is 5.28. The predicted molar refractivity (Wildman–Crippen MR) is 69.3 cm³/mol. The molecule has 0 bridgehead atoms. The van der Waals surface area contributed by atoms with Gasteiger partial charge >= 0.3 is 0 Å². The molecule has 0 aliphatic rings. The minimum atomic E-state index is 1.05. The standard InChI is InChI=1S/C12H19BrN2/c1-15(2)10-9-14-8-7-11-3-5-12(13)6-4-11/h3-6,14H,7-10H2,1-2H3. The zero-order valence-corrected chi connectivity index (χ0v) is 11.0. The zero-order chi connectivity index (χ0) is 11.1. The minimum Gasteiger partial charge on any atom is -0.315 e. The number of nitrogens with one attached hydrogen (secondary N) is 1.